The number of carbonyl (C=O) groups is 3. The highest BCUT2D eigenvalue weighted by molar-refractivity contribution is 6.00. The molecular weight excluding hydrogens is 492 g/mol. The molecule has 0 saturated heterocycles. The third-order valence-corrected chi connectivity index (χ3v) is 6.62. The fourth-order valence-corrected chi connectivity index (χ4v) is 5.44. The average Bonchev–Trinajstić information content (AvgIpc) is 3.15. The van der Waals surface area contributed by atoms with Crippen molar-refractivity contribution in [1.82, 2.24) is 0 Å². The number of hydrogen-bond donors (Lipinski definition) is 0. The molecule has 10 nitrogen and oxygen atoms in total. The molecule has 2 aromatic rings. The molecule has 2 aliphatic rings. The second-order valence-corrected chi connectivity index (χ2v) is 10.2. The van der Waals surface area contributed by atoms with Gasteiger partial charge in [-0.05, 0) is 45.4 Å². The lowest BCUT2D eigenvalue weighted by Crippen LogP contribution is -2.59. The van der Waals surface area contributed by atoms with E-state index in [1.165, 1.54) is 6.92 Å². The average molecular weight is 523 g/mol. The Morgan fingerprint density at radius 2 is 1.71 bits per heavy atom. The third-order valence-electron chi connectivity index (χ3n) is 6.62. The first kappa shape index (κ1) is 26.8. The summed E-state index contributed by atoms with van der Waals surface area (Å²) >= 11 is 0. The van der Waals surface area contributed by atoms with Gasteiger partial charge in [-0.25, -0.2) is 9.59 Å². The predicted octanol–water partition coefficient (Wildman–Crippen LogP) is 4.85. The van der Waals surface area contributed by atoms with E-state index in [9.17, 15) is 24.5 Å². The number of esters is 2. The molecule has 38 heavy (non-hydrogen) atoms. The summed E-state index contributed by atoms with van der Waals surface area (Å²) in [4.78, 5) is 53.4. The number of ether oxygens (including phenoxy) is 3. The van der Waals surface area contributed by atoms with Gasteiger partial charge in [0.2, 0.25) is 0 Å². The molecule has 0 unspecified atom stereocenters. The van der Waals surface area contributed by atoms with Gasteiger partial charge in [0.05, 0.1) is 23.8 Å². The summed E-state index contributed by atoms with van der Waals surface area (Å²) in [5, 5.41) is 13.4. The number of benzene rings is 2. The summed E-state index contributed by atoms with van der Waals surface area (Å²) in [5.74, 6) is -2.60. The molecule has 10 heteroatoms. The van der Waals surface area contributed by atoms with Gasteiger partial charge in [-0.2, -0.15) is 0 Å². The van der Waals surface area contributed by atoms with Gasteiger partial charge >= 0.3 is 18.0 Å². The van der Waals surface area contributed by atoms with Crippen LogP contribution in [-0.4, -0.2) is 41.2 Å². The van der Waals surface area contributed by atoms with E-state index in [1.54, 1.807) is 82.3 Å². The lowest BCUT2D eigenvalue weighted by molar-refractivity contribution is -0.586. The van der Waals surface area contributed by atoms with E-state index in [4.69, 9.17) is 14.2 Å². The molecule has 1 heterocycles. The van der Waals surface area contributed by atoms with Gasteiger partial charge in [-0.15, -0.1) is 0 Å². The van der Waals surface area contributed by atoms with E-state index in [-0.39, 0.29) is 35.6 Å². The number of nitro groups is 1. The van der Waals surface area contributed by atoms with Crippen molar-refractivity contribution in [2.24, 2.45) is 0 Å². The van der Waals surface area contributed by atoms with Gasteiger partial charge in [0, 0.05) is 18.3 Å². The SMILES string of the molecule is CCOC(=O)C1=C(OC(C)=O)C[C@@H](c2ccccc2)[C@]2([N+](=O)[O-])c3ccccc3N(C(=O)OC(C)(C)C)[C@H]12. The van der Waals surface area contributed by atoms with Crippen LogP contribution in [0, 0.1) is 10.1 Å². The maximum Gasteiger partial charge on any atom is 0.415 e. The highest BCUT2D eigenvalue weighted by Gasteiger charge is 2.72. The Labute approximate surface area is 220 Å². The van der Waals surface area contributed by atoms with E-state index in [0.717, 1.165) is 4.90 Å². The molecule has 4 rings (SSSR count). The summed E-state index contributed by atoms with van der Waals surface area (Å²) < 4.78 is 16.5. The number of nitrogens with zero attached hydrogens (tertiary/aromatic N) is 2. The molecule has 0 fully saturated rings. The summed E-state index contributed by atoms with van der Waals surface area (Å²) in [5.41, 5.74) is -2.14. The molecule has 0 radical (unpaired) electrons. The van der Waals surface area contributed by atoms with Crippen LogP contribution >= 0.6 is 0 Å². The molecule has 200 valence electrons. The van der Waals surface area contributed by atoms with E-state index in [1.807, 2.05) is 0 Å². The first-order valence-corrected chi connectivity index (χ1v) is 12.3. The summed E-state index contributed by atoms with van der Waals surface area (Å²) in [6.45, 7) is 7.76. The Kier molecular flexibility index (Phi) is 7.01. The Balaban J connectivity index is 2.12. The number of carbonyl (C=O) groups excluding carboxylic acids is 3. The maximum atomic E-state index is 13.7. The molecular formula is C28H30N2O8. The lowest BCUT2D eigenvalue weighted by Gasteiger charge is -2.42. The Morgan fingerprint density at radius 1 is 1.08 bits per heavy atom. The van der Waals surface area contributed by atoms with Crippen LogP contribution in [0.15, 0.2) is 65.9 Å². The quantitative estimate of drug-likeness (QED) is 0.236. The first-order valence-electron chi connectivity index (χ1n) is 12.3. The number of hydrogen-bond acceptors (Lipinski definition) is 8. The van der Waals surface area contributed by atoms with Crippen LogP contribution in [0.3, 0.4) is 0 Å². The summed E-state index contributed by atoms with van der Waals surface area (Å²) in [6, 6.07) is 13.7. The number of allylic oxidation sites excluding steroid dienone is 1. The van der Waals surface area contributed by atoms with Gasteiger partial charge in [-0.1, -0.05) is 42.5 Å². The van der Waals surface area contributed by atoms with Crippen molar-refractivity contribution in [2.45, 2.75) is 64.1 Å². The largest absolute Gasteiger partial charge is 0.462 e. The van der Waals surface area contributed by atoms with E-state index < -0.39 is 46.1 Å². The van der Waals surface area contributed by atoms with E-state index >= 15 is 0 Å². The minimum atomic E-state index is -2.01. The van der Waals surface area contributed by atoms with Crippen molar-refractivity contribution in [3.05, 3.63) is 87.2 Å². The number of amides is 1. The van der Waals surface area contributed by atoms with Crippen LogP contribution in [0.1, 0.15) is 58.1 Å². The summed E-state index contributed by atoms with van der Waals surface area (Å²) in [6.07, 6.45) is -1.03. The molecule has 1 amide bonds. The maximum absolute atomic E-state index is 13.7. The number of fused-ring (bicyclic) bond motifs is 3. The van der Waals surface area contributed by atoms with Gasteiger partial charge in [0.15, 0.2) is 6.04 Å². The molecule has 0 N–H and O–H groups in total. The second kappa shape index (κ2) is 9.92. The minimum absolute atomic E-state index is 0.0324. The highest BCUT2D eigenvalue weighted by atomic mass is 16.6. The minimum Gasteiger partial charge on any atom is -0.462 e. The third kappa shape index (κ3) is 4.40. The van der Waals surface area contributed by atoms with E-state index in [2.05, 4.69) is 0 Å². The smallest absolute Gasteiger partial charge is 0.415 e. The van der Waals surface area contributed by atoms with Crippen molar-refractivity contribution >= 4 is 23.7 Å². The van der Waals surface area contributed by atoms with Crippen molar-refractivity contribution in [3.8, 4) is 0 Å². The van der Waals surface area contributed by atoms with Gasteiger partial charge in [0.1, 0.15) is 16.9 Å². The molecule has 3 atom stereocenters. The lowest BCUT2D eigenvalue weighted by atomic mass is 9.64. The van der Waals surface area contributed by atoms with Crippen LogP contribution in [0.5, 0.6) is 0 Å². The zero-order valence-corrected chi connectivity index (χ0v) is 21.9. The normalized spacial score (nSPS) is 22.3. The fourth-order valence-electron chi connectivity index (χ4n) is 5.44. The molecule has 1 aliphatic carbocycles. The number of rotatable bonds is 5. The van der Waals surface area contributed by atoms with Crippen LogP contribution in [0.25, 0.3) is 0 Å². The Bertz CT molecular complexity index is 1310. The first-order chi connectivity index (χ1) is 17.9. The monoisotopic (exact) mass is 522 g/mol. The Morgan fingerprint density at radius 3 is 2.29 bits per heavy atom. The van der Waals surface area contributed by atoms with Gasteiger partial charge in [0.25, 0.3) is 5.54 Å². The molecule has 0 bridgehead atoms. The number of para-hydroxylation sites is 1. The molecule has 0 spiro atoms. The van der Waals surface area contributed by atoms with Crippen molar-refractivity contribution in [3.63, 3.8) is 0 Å². The summed E-state index contributed by atoms with van der Waals surface area (Å²) in [7, 11) is 0. The zero-order chi connectivity index (χ0) is 27.8. The van der Waals surface area contributed by atoms with Gasteiger partial charge < -0.3 is 14.2 Å². The predicted molar refractivity (Wildman–Crippen MR) is 137 cm³/mol. The van der Waals surface area contributed by atoms with Crippen molar-refractivity contribution in [2.75, 3.05) is 11.5 Å². The van der Waals surface area contributed by atoms with Crippen LogP contribution in [0.2, 0.25) is 0 Å². The molecule has 1 aliphatic heterocycles. The standard InChI is InChI=1S/C28H30N2O8/c1-6-36-25(32)23-22(37-17(2)31)16-20(18-12-8-7-9-13-18)28(30(34)35)19-14-10-11-15-21(19)29(24(23)28)26(33)38-27(3,4)5/h7-15,20,24H,6,16H2,1-5H3/t20-,24+,28+/m0/s1. The Hall–Kier alpha value is -4.21. The molecule has 0 saturated carbocycles. The topological polar surface area (TPSA) is 125 Å². The van der Waals surface area contributed by atoms with Crippen LogP contribution < -0.4 is 4.90 Å². The van der Waals surface area contributed by atoms with Crippen LogP contribution in [-0.2, 0) is 29.3 Å². The fraction of sp³-hybridized carbons (Fsp3) is 0.393. The highest BCUT2D eigenvalue weighted by Crippen LogP contribution is 2.60. The number of anilines is 1. The van der Waals surface area contributed by atoms with E-state index in [0.29, 0.717) is 5.56 Å². The van der Waals surface area contributed by atoms with Crippen molar-refractivity contribution < 1.29 is 33.5 Å². The zero-order valence-electron chi connectivity index (χ0n) is 21.9. The van der Waals surface area contributed by atoms with Gasteiger partial charge in [-0.3, -0.25) is 19.8 Å². The van der Waals surface area contributed by atoms with Crippen LogP contribution in [0.4, 0.5) is 10.5 Å². The second-order valence-electron chi connectivity index (χ2n) is 10.2. The van der Waals surface area contributed by atoms with Crippen molar-refractivity contribution in [1.29, 1.82) is 0 Å². The molecule has 0 aromatic heterocycles. The molecule has 2 aromatic carbocycles.